The Morgan fingerprint density at radius 3 is 2.80 bits per heavy atom. The summed E-state index contributed by atoms with van der Waals surface area (Å²) >= 11 is 0. The van der Waals surface area contributed by atoms with Gasteiger partial charge in [0.1, 0.15) is 17.9 Å². The predicted octanol–water partition coefficient (Wildman–Crippen LogP) is 2.37. The minimum atomic E-state index is -0.539. The van der Waals surface area contributed by atoms with Gasteiger partial charge in [-0.25, -0.2) is 4.39 Å². The highest BCUT2D eigenvalue weighted by Gasteiger charge is 2.24. The molecule has 0 aliphatic rings. The van der Waals surface area contributed by atoms with E-state index in [0.29, 0.717) is 6.54 Å². The predicted molar refractivity (Wildman–Crippen MR) is 73.2 cm³/mol. The average Bonchev–Trinajstić information content (AvgIpc) is 2.48. The fraction of sp³-hybridized carbons (Fsp3) is 0.467. The Morgan fingerprint density at radius 2 is 2.25 bits per heavy atom. The molecule has 0 heterocycles. The van der Waals surface area contributed by atoms with Crippen molar-refractivity contribution in [3.05, 3.63) is 35.1 Å². The van der Waals surface area contributed by atoms with Crippen molar-refractivity contribution in [1.82, 2.24) is 5.32 Å². The third kappa shape index (κ3) is 4.04. The van der Waals surface area contributed by atoms with E-state index in [9.17, 15) is 9.18 Å². The summed E-state index contributed by atoms with van der Waals surface area (Å²) in [7, 11) is 1.35. The molecule has 1 rings (SSSR count). The van der Waals surface area contributed by atoms with Crippen LogP contribution in [-0.2, 0) is 16.1 Å². The Bertz CT molecular complexity index is 511. The second-order valence-corrected chi connectivity index (χ2v) is 4.69. The van der Waals surface area contributed by atoms with Gasteiger partial charge in [0.25, 0.3) is 0 Å². The van der Waals surface area contributed by atoms with Crippen LogP contribution in [0.25, 0.3) is 0 Å². The normalized spacial score (nSPS) is 13.3. The molecule has 2 unspecified atom stereocenters. The number of methoxy groups -OCH3 is 1. The minimum absolute atomic E-state index is 0.00228. The van der Waals surface area contributed by atoms with Gasteiger partial charge in [-0.3, -0.25) is 4.79 Å². The van der Waals surface area contributed by atoms with Gasteiger partial charge in [-0.15, -0.1) is 0 Å². The molecule has 0 aliphatic carbocycles. The van der Waals surface area contributed by atoms with Gasteiger partial charge in [0.15, 0.2) is 0 Å². The molecule has 108 valence electrons. The van der Waals surface area contributed by atoms with Crippen molar-refractivity contribution in [2.45, 2.75) is 32.9 Å². The number of carbonyl (C=O) groups excluding carboxylic acids is 1. The van der Waals surface area contributed by atoms with Crippen LogP contribution < -0.4 is 5.32 Å². The lowest BCUT2D eigenvalue weighted by molar-refractivity contribution is -0.144. The molecule has 0 saturated carbocycles. The molecule has 0 spiro atoms. The zero-order chi connectivity index (χ0) is 15.1. The maximum Gasteiger partial charge on any atom is 0.323 e. The summed E-state index contributed by atoms with van der Waals surface area (Å²) in [6.45, 7) is 4.33. The molecule has 0 aliphatic heterocycles. The first kappa shape index (κ1) is 16.1. The number of esters is 1. The first-order valence-corrected chi connectivity index (χ1v) is 6.53. The number of nitriles is 1. The Labute approximate surface area is 118 Å². The lowest BCUT2D eigenvalue weighted by Gasteiger charge is -2.22. The molecular weight excluding hydrogens is 259 g/mol. The van der Waals surface area contributed by atoms with E-state index in [2.05, 4.69) is 5.32 Å². The molecule has 1 N–H and O–H groups in total. The van der Waals surface area contributed by atoms with Crippen LogP contribution in [0.2, 0.25) is 0 Å². The molecule has 0 bridgehead atoms. The van der Waals surface area contributed by atoms with Gasteiger partial charge in [-0.2, -0.15) is 5.26 Å². The van der Waals surface area contributed by atoms with E-state index in [-0.39, 0.29) is 17.5 Å². The van der Waals surface area contributed by atoms with Gasteiger partial charge in [0.05, 0.1) is 12.7 Å². The number of hydrogen-bond donors (Lipinski definition) is 1. The lowest BCUT2D eigenvalue weighted by atomic mass is 9.99. The number of nitrogens with zero attached hydrogens (tertiary/aromatic N) is 1. The Kier molecular flexibility index (Phi) is 6.13. The average molecular weight is 278 g/mol. The Hall–Kier alpha value is -1.93. The van der Waals surface area contributed by atoms with Gasteiger partial charge in [-0.1, -0.05) is 26.3 Å². The molecule has 5 heteroatoms. The lowest BCUT2D eigenvalue weighted by Crippen LogP contribution is -2.42. The summed E-state index contributed by atoms with van der Waals surface area (Å²) in [6, 6.07) is 5.71. The molecule has 0 saturated heterocycles. The van der Waals surface area contributed by atoms with Crippen molar-refractivity contribution in [2.75, 3.05) is 7.11 Å². The molecular formula is C15H19FN2O2. The van der Waals surface area contributed by atoms with Crippen molar-refractivity contribution < 1.29 is 13.9 Å². The summed E-state index contributed by atoms with van der Waals surface area (Å²) in [4.78, 5) is 11.7. The number of halogens is 1. The van der Waals surface area contributed by atoms with Crippen LogP contribution in [0.5, 0.6) is 0 Å². The summed E-state index contributed by atoms with van der Waals surface area (Å²) in [5.74, 6) is -0.733. The van der Waals surface area contributed by atoms with Gasteiger partial charge in [-0.05, 0) is 23.6 Å². The highest BCUT2D eigenvalue weighted by atomic mass is 19.1. The quantitative estimate of drug-likeness (QED) is 0.811. The van der Waals surface area contributed by atoms with E-state index in [1.807, 2.05) is 13.8 Å². The van der Waals surface area contributed by atoms with Crippen LogP contribution in [0, 0.1) is 23.1 Å². The zero-order valence-corrected chi connectivity index (χ0v) is 11.9. The first-order valence-electron chi connectivity index (χ1n) is 6.53. The zero-order valence-electron chi connectivity index (χ0n) is 11.9. The van der Waals surface area contributed by atoms with Crippen LogP contribution in [-0.4, -0.2) is 19.1 Å². The van der Waals surface area contributed by atoms with Crippen LogP contribution >= 0.6 is 0 Å². The highest BCUT2D eigenvalue weighted by Crippen LogP contribution is 2.12. The van der Waals surface area contributed by atoms with E-state index >= 15 is 0 Å². The van der Waals surface area contributed by atoms with Crippen LogP contribution in [0.15, 0.2) is 18.2 Å². The fourth-order valence-corrected chi connectivity index (χ4v) is 1.88. The second-order valence-electron chi connectivity index (χ2n) is 4.69. The number of hydrogen-bond acceptors (Lipinski definition) is 4. The van der Waals surface area contributed by atoms with Gasteiger partial charge in [0.2, 0.25) is 0 Å². The standard InChI is InChI=1S/C15H19FN2O2/c1-4-10(2)14(15(19)20-3)18-9-11-5-6-13(16)12(7-11)8-17/h5-7,10,14,18H,4,9H2,1-3H3. The molecule has 1 aromatic carbocycles. The van der Waals surface area contributed by atoms with Crippen molar-refractivity contribution in [3.8, 4) is 6.07 Å². The van der Waals surface area contributed by atoms with E-state index in [4.69, 9.17) is 10.00 Å². The van der Waals surface area contributed by atoms with Gasteiger partial charge < -0.3 is 10.1 Å². The van der Waals surface area contributed by atoms with Gasteiger partial charge >= 0.3 is 5.97 Å². The highest BCUT2D eigenvalue weighted by molar-refractivity contribution is 5.75. The molecule has 20 heavy (non-hydrogen) atoms. The molecule has 4 nitrogen and oxygen atoms in total. The summed E-state index contributed by atoms with van der Waals surface area (Å²) < 4.78 is 18.0. The smallest absolute Gasteiger partial charge is 0.323 e. The van der Waals surface area contributed by atoms with E-state index in [1.54, 1.807) is 12.1 Å². The monoisotopic (exact) mass is 278 g/mol. The number of nitrogens with one attached hydrogen (secondary N) is 1. The largest absolute Gasteiger partial charge is 0.468 e. The third-order valence-electron chi connectivity index (χ3n) is 3.35. The van der Waals surface area contributed by atoms with Gasteiger partial charge in [0, 0.05) is 6.54 Å². The van der Waals surface area contributed by atoms with Crippen LogP contribution in [0.3, 0.4) is 0 Å². The molecule has 0 radical (unpaired) electrons. The summed E-state index contributed by atoms with van der Waals surface area (Å²) in [5.41, 5.74) is 0.752. The number of benzene rings is 1. The molecule has 2 atom stereocenters. The third-order valence-corrected chi connectivity index (χ3v) is 3.35. The Morgan fingerprint density at radius 1 is 1.55 bits per heavy atom. The van der Waals surface area contributed by atoms with E-state index in [1.165, 1.54) is 19.2 Å². The maximum atomic E-state index is 13.2. The van der Waals surface area contributed by atoms with E-state index in [0.717, 1.165) is 12.0 Å². The number of carbonyl (C=O) groups is 1. The van der Waals surface area contributed by atoms with E-state index < -0.39 is 11.9 Å². The number of ether oxygens (including phenoxy) is 1. The number of rotatable bonds is 6. The van der Waals surface area contributed by atoms with Crippen molar-refractivity contribution in [3.63, 3.8) is 0 Å². The van der Waals surface area contributed by atoms with Crippen molar-refractivity contribution in [1.29, 1.82) is 5.26 Å². The SMILES string of the molecule is CCC(C)C(NCc1ccc(F)c(C#N)c1)C(=O)OC. The maximum absolute atomic E-state index is 13.2. The molecule has 0 aromatic heterocycles. The Balaban J connectivity index is 2.77. The van der Waals surface area contributed by atoms with Crippen molar-refractivity contribution >= 4 is 5.97 Å². The topological polar surface area (TPSA) is 62.1 Å². The first-order chi connectivity index (χ1) is 9.53. The second kappa shape index (κ2) is 7.61. The molecule has 1 aromatic rings. The molecule has 0 amide bonds. The molecule has 0 fully saturated rings. The van der Waals surface area contributed by atoms with Crippen LogP contribution in [0.4, 0.5) is 4.39 Å². The summed E-state index contributed by atoms with van der Waals surface area (Å²) in [6.07, 6.45) is 0.833. The van der Waals surface area contributed by atoms with Crippen LogP contribution in [0.1, 0.15) is 31.4 Å². The minimum Gasteiger partial charge on any atom is -0.468 e. The summed E-state index contributed by atoms with van der Waals surface area (Å²) in [5, 5.41) is 11.9. The fourth-order valence-electron chi connectivity index (χ4n) is 1.88. The van der Waals surface area contributed by atoms with Crippen molar-refractivity contribution in [2.24, 2.45) is 5.92 Å².